The molecule has 0 radical (unpaired) electrons. The first-order valence-electron chi connectivity index (χ1n) is 18.1. The maximum absolute atomic E-state index is 13.9. The number of para-hydroxylation sites is 1. The summed E-state index contributed by atoms with van der Waals surface area (Å²) in [4.78, 5) is 51.7. The van der Waals surface area contributed by atoms with Gasteiger partial charge in [-0.2, -0.15) is 0 Å². The molecule has 258 valence electrons. The number of hydrogen-bond donors (Lipinski definition) is 2. The number of fused-ring (bicyclic) bond motifs is 2. The van der Waals surface area contributed by atoms with Crippen LogP contribution in [0, 0.1) is 24.7 Å². The number of aromatic carboxylic acids is 1. The highest BCUT2D eigenvalue weighted by Crippen LogP contribution is 2.55. The molecule has 4 bridgehead atoms. The van der Waals surface area contributed by atoms with Gasteiger partial charge in [0.15, 0.2) is 11.5 Å². The second kappa shape index (κ2) is 12.4. The molecule has 4 saturated carbocycles. The summed E-state index contributed by atoms with van der Waals surface area (Å²) in [5, 5.41) is 14.7. The molecule has 0 saturated heterocycles. The molecule has 4 aliphatic carbocycles. The number of rotatable bonds is 8. The Labute approximate surface area is 300 Å². The fraction of sp³-hybridized carbons (Fsp3) is 0.357. The summed E-state index contributed by atoms with van der Waals surface area (Å²) < 4.78 is 1.06. The van der Waals surface area contributed by atoms with Crippen LogP contribution >= 0.6 is 11.3 Å². The van der Waals surface area contributed by atoms with E-state index in [1.54, 1.807) is 11.3 Å². The van der Waals surface area contributed by atoms with Gasteiger partial charge < -0.3 is 15.3 Å². The molecule has 4 fully saturated rings. The number of amides is 1. The number of Topliss-reactive ketones (excluding diaryl/α,β-unsaturated/α-hetero) is 1. The second-order valence-corrected chi connectivity index (χ2v) is 16.4. The topological polar surface area (TPSA) is 112 Å². The number of pyridine rings is 1. The van der Waals surface area contributed by atoms with E-state index in [1.807, 2.05) is 73.7 Å². The normalized spacial score (nSPS) is 23.3. The molecule has 3 heterocycles. The summed E-state index contributed by atoms with van der Waals surface area (Å²) in [6.45, 7) is 2.99. The van der Waals surface area contributed by atoms with Crippen molar-refractivity contribution in [3.63, 3.8) is 0 Å². The molecular formula is C42H40N4O4S. The number of carboxylic acid groups (broad SMARTS) is 1. The molecular weight excluding hydrogens is 657 g/mol. The van der Waals surface area contributed by atoms with E-state index in [9.17, 15) is 19.5 Å². The van der Waals surface area contributed by atoms with Crippen molar-refractivity contribution < 1.29 is 19.5 Å². The molecule has 1 aliphatic heterocycles. The predicted octanol–water partition coefficient (Wildman–Crippen LogP) is 8.05. The van der Waals surface area contributed by atoms with Crippen molar-refractivity contribution >= 4 is 45.0 Å². The number of carbonyl (C=O) groups excluding carboxylic acids is 2. The monoisotopic (exact) mass is 696 g/mol. The van der Waals surface area contributed by atoms with E-state index < -0.39 is 5.97 Å². The average Bonchev–Trinajstić information content (AvgIpc) is 3.52. The minimum absolute atomic E-state index is 0.0184. The van der Waals surface area contributed by atoms with Crippen molar-refractivity contribution in [1.29, 1.82) is 0 Å². The maximum atomic E-state index is 13.9. The standard InChI is InChI=1S/C42H40N4O4S/c1-24-29(7-5-8-30(24)40(48)45-42-20-25-16-26(21-42)18-27(17-25)22-42)32-12-13-37(44-39(32)41(49)50)46-15-14-28-6-4-9-31(33(28)23-46)35(47)19-38-43-34-10-2-3-11-36(34)51-38/h2-13,25-27H,14-23H2,1H3,(H,45,48)(H,49,50). The number of ketones is 1. The summed E-state index contributed by atoms with van der Waals surface area (Å²) in [7, 11) is 0. The first kappa shape index (κ1) is 32.0. The van der Waals surface area contributed by atoms with Gasteiger partial charge in [0, 0.05) is 35.3 Å². The van der Waals surface area contributed by atoms with Crippen LogP contribution in [0.3, 0.4) is 0 Å². The molecule has 2 N–H and O–H groups in total. The van der Waals surface area contributed by atoms with Gasteiger partial charge in [-0.3, -0.25) is 9.59 Å². The van der Waals surface area contributed by atoms with Crippen molar-refractivity contribution in [3.05, 3.63) is 111 Å². The number of anilines is 1. The third-order valence-corrected chi connectivity index (χ3v) is 13.0. The minimum Gasteiger partial charge on any atom is -0.476 e. The molecule has 0 atom stereocenters. The summed E-state index contributed by atoms with van der Waals surface area (Å²) in [5.41, 5.74) is 5.98. The van der Waals surface area contributed by atoms with Gasteiger partial charge in [-0.25, -0.2) is 14.8 Å². The molecule has 8 nitrogen and oxygen atoms in total. The molecule has 5 aliphatic rings. The van der Waals surface area contributed by atoms with Crippen LogP contribution in [0.5, 0.6) is 0 Å². The molecule has 0 spiro atoms. The lowest BCUT2D eigenvalue weighted by atomic mass is 9.53. The molecule has 5 aromatic rings. The smallest absolute Gasteiger partial charge is 0.355 e. The van der Waals surface area contributed by atoms with Gasteiger partial charge in [0.2, 0.25) is 0 Å². The number of benzene rings is 3. The summed E-state index contributed by atoms with van der Waals surface area (Å²) >= 11 is 1.54. The number of nitrogens with zero attached hydrogens (tertiary/aromatic N) is 3. The Balaban J connectivity index is 0.972. The Morgan fingerprint density at radius 2 is 1.59 bits per heavy atom. The van der Waals surface area contributed by atoms with E-state index in [0.717, 1.165) is 68.9 Å². The van der Waals surface area contributed by atoms with Crippen molar-refractivity contribution in [3.8, 4) is 11.1 Å². The van der Waals surface area contributed by atoms with Gasteiger partial charge >= 0.3 is 5.97 Å². The SMILES string of the molecule is Cc1c(C(=O)NC23CC4CC(CC(C4)C2)C3)cccc1-c1ccc(N2CCc3cccc(C(=O)Cc4nc5ccccc5s4)c3C2)nc1C(=O)O. The van der Waals surface area contributed by atoms with E-state index in [0.29, 0.717) is 47.6 Å². The number of nitrogens with one attached hydrogen (secondary N) is 1. The van der Waals surface area contributed by atoms with Gasteiger partial charge in [0.25, 0.3) is 5.91 Å². The zero-order chi connectivity index (χ0) is 34.9. The van der Waals surface area contributed by atoms with E-state index in [4.69, 9.17) is 4.98 Å². The molecule has 9 heteroatoms. The van der Waals surface area contributed by atoms with Crippen molar-refractivity contribution in [2.45, 2.75) is 70.4 Å². The zero-order valence-corrected chi connectivity index (χ0v) is 29.5. The van der Waals surface area contributed by atoms with Gasteiger partial charge in [-0.15, -0.1) is 11.3 Å². The Morgan fingerprint density at radius 3 is 2.33 bits per heavy atom. The lowest BCUT2D eigenvalue weighted by molar-refractivity contribution is -0.0167. The summed E-state index contributed by atoms with van der Waals surface area (Å²) in [6.07, 6.45) is 8.05. The fourth-order valence-electron chi connectivity index (χ4n) is 10.0. The van der Waals surface area contributed by atoms with Crippen molar-refractivity contribution in [1.82, 2.24) is 15.3 Å². The predicted molar refractivity (Wildman–Crippen MR) is 199 cm³/mol. The van der Waals surface area contributed by atoms with Gasteiger partial charge in [0.1, 0.15) is 10.8 Å². The van der Waals surface area contributed by atoms with Crippen LogP contribution < -0.4 is 10.2 Å². The molecule has 10 rings (SSSR count). The van der Waals surface area contributed by atoms with Crippen LogP contribution in [0.15, 0.2) is 72.8 Å². The van der Waals surface area contributed by atoms with Crippen LogP contribution in [-0.4, -0.2) is 44.8 Å². The highest BCUT2D eigenvalue weighted by Gasteiger charge is 2.51. The van der Waals surface area contributed by atoms with Crippen LogP contribution in [-0.2, 0) is 19.4 Å². The number of carbonyl (C=O) groups is 3. The van der Waals surface area contributed by atoms with Gasteiger partial charge in [-0.1, -0.05) is 42.5 Å². The molecule has 1 amide bonds. The fourth-order valence-corrected chi connectivity index (χ4v) is 11.0. The molecule has 3 aromatic carbocycles. The summed E-state index contributed by atoms with van der Waals surface area (Å²) in [5.74, 6) is 1.52. The van der Waals surface area contributed by atoms with E-state index >= 15 is 0 Å². The highest BCUT2D eigenvalue weighted by molar-refractivity contribution is 7.18. The lowest BCUT2D eigenvalue weighted by Crippen LogP contribution is -2.59. The average molecular weight is 697 g/mol. The van der Waals surface area contributed by atoms with E-state index in [1.165, 1.54) is 19.3 Å². The Kier molecular flexibility index (Phi) is 7.80. The Bertz CT molecular complexity index is 2170. The first-order chi connectivity index (χ1) is 24.7. The van der Waals surface area contributed by atoms with Crippen LogP contribution in [0.2, 0.25) is 0 Å². The third-order valence-electron chi connectivity index (χ3n) is 11.9. The number of carboxylic acids is 1. The third kappa shape index (κ3) is 5.81. The summed E-state index contributed by atoms with van der Waals surface area (Å²) in [6, 6.07) is 23.0. The second-order valence-electron chi connectivity index (χ2n) is 15.3. The number of aromatic nitrogens is 2. The van der Waals surface area contributed by atoms with E-state index in [2.05, 4.69) is 21.3 Å². The maximum Gasteiger partial charge on any atom is 0.355 e. The van der Waals surface area contributed by atoms with Crippen molar-refractivity contribution in [2.75, 3.05) is 11.4 Å². The lowest BCUT2D eigenvalue weighted by Gasteiger charge is -2.56. The van der Waals surface area contributed by atoms with Crippen molar-refractivity contribution in [2.24, 2.45) is 17.8 Å². The number of thiazole rings is 1. The quantitative estimate of drug-likeness (QED) is 0.158. The van der Waals surface area contributed by atoms with Crippen LogP contribution in [0.1, 0.15) is 91.4 Å². The van der Waals surface area contributed by atoms with E-state index in [-0.39, 0.29) is 29.3 Å². The van der Waals surface area contributed by atoms with Gasteiger partial charge in [0.05, 0.1) is 16.6 Å². The Hall–Kier alpha value is -4.89. The number of hydrogen-bond acceptors (Lipinski definition) is 7. The molecule has 51 heavy (non-hydrogen) atoms. The molecule has 2 aromatic heterocycles. The first-order valence-corrected chi connectivity index (χ1v) is 18.9. The molecule has 0 unspecified atom stereocenters. The highest BCUT2D eigenvalue weighted by atomic mass is 32.1. The van der Waals surface area contributed by atoms with Gasteiger partial charge in [-0.05, 0) is 122 Å². The zero-order valence-electron chi connectivity index (χ0n) is 28.7. The Morgan fingerprint density at radius 1 is 0.863 bits per heavy atom. The van der Waals surface area contributed by atoms with Crippen LogP contribution in [0.25, 0.3) is 21.3 Å². The largest absolute Gasteiger partial charge is 0.476 e. The van der Waals surface area contributed by atoms with Crippen LogP contribution in [0.4, 0.5) is 5.82 Å². The minimum atomic E-state index is -1.13.